The van der Waals surface area contributed by atoms with E-state index in [-0.39, 0.29) is 17.1 Å². The summed E-state index contributed by atoms with van der Waals surface area (Å²) in [5.41, 5.74) is 1.19. The van der Waals surface area contributed by atoms with Crippen molar-refractivity contribution in [2.75, 3.05) is 0 Å². The van der Waals surface area contributed by atoms with Crippen LogP contribution in [0.3, 0.4) is 0 Å². The van der Waals surface area contributed by atoms with E-state index in [0.29, 0.717) is 17.7 Å². The van der Waals surface area contributed by atoms with Crippen LogP contribution in [-0.4, -0.2) is 16.5 Å². The first-order chi connectivity index (χ1) is 7.43. The molecular formula is C13H16O3. The van der Waals surface area contributed by atoms with Crippen LogP contribution >= 0.6 is 0 Å². The number of aromatic hydroxyl groups is 1. The molecule has 0 bridgehead atoms. The smallest absolute Gasteiger partial charge is 0.165 e. The van der Waals surface area contributed by atoms with Crippen molar-refractivity contribution in [1.82, 2.24) is 0 Å². The number of ketones is 1. The van der Waals surface area contributed by atoms with Crippen LogP contribution in [0.4, 0.5) is 0 Å². The van der Waals surface area contributed by atoms with Crippen LogP contribution in [0.25, 0.3) is 0 Å². The standard InChI is InChI=1S/C13H16O3/c1-4-10(14)8-5-9-7-13(2,3)16-12(9)11(15)6-8/h5-6,15H,4,7H2,1-3H3. The largest absolute Gasteiger partial charge is 0.504 e. The molecule has 3 heteroatoms. The Hall–Kier alpha value is -1.51. The van der Waals surface area contributed by atoms with Crippen LogP contribution in [0.15, 0.2) is 12.1 Å². The van der Waals surface area contributed by atoms with Gasteiger partial charge in [0.25, 0.3) is 0 Å². The molecule has 16 heavy (non-hydrogen) atoms. The van der Waals surface area contributed by atoms with Crippen LogP contribution in [-0.2, 0) is 6.42 Å². The number of carbonyl (C=O) groups excluding carboxylic acids is 1. The van der Waals surface area contributed by atoms with Crippen LogP contribution in [0.2, 0.25) is 0 Å². The molecule has 0 fully saturated rings. The predicted molar refractivity (Wildman–Crippen MR) is 61.1 cm³/mol. The Morgan fingerprint density at radius 1 is 1.50 bits per heavy atom. The molecule has 0 amide bonds. The molecule has 0 aromatic heterocycles. The molecule has 0 atom stereocenters. The lowest BCUT2D eigenvalue weighted by atomic mass is 9.98. The predicted octanol–water partition coefficient (Wildman–Crippen LogP) is 2.70. The number of hydrogen-bond acceptors (Lipinski definition) is 3. The van der Waals surface area contributed by atoms with E-state index in [2.05, 4.69) is 0 Å². The van der Waals surface area contributed by atoms with Gasteiger partial charge in [-0.3, -0.25) is 4.79 Å². The quantitative estimate of drug-likeness (QED) is 0.779. The topological polar surface area (TPSA) is 46.5 Å². The molecule has 0 saturated heterocycles. The summed E-state index contributed by atoms with van der Waals surface area (Å²) in [7, 11) is 0. The highest BCUT2D eigenvalue weighted by Gasteiger charge is 2.32. The number of carbonyl (C=O) groups is 1. The van der Waals surface area contributed by atoms with Crippen molar-refractivity contribution in [3.05, 3.63) is 23.3 Å². The van der Waals surface area contributed by atoms with Crippen LogP contribution in [0.1, 0.15) is 43.1 Å². The first kappa shape index (κ1) is 11.0. The highest BCUT2D eigenvalue weighted by Crippen LogP contribution is 2.42. The van der Waals surface area contributed by atoms with Gasteiger partial charge in [0, 0.05) is 24.0 Å². The molecule has 0 unspecified atom stereocenters. The van der Waals surface area contributed by atoms with Gasteiger partial charge in [0.05, 0.1) is 0 Å². The van der Waals surface area contributed by atoms with Gasteiger partial charge in [-0.1, -0.05) is 6.92 Å². The van der Waals surface area contributed by atoms with Crippen LogP contribution in [0, 0.1) is 0 Å². The second-order valence-electron chi connectivity index (χ2n) is 4.80. The zero-order valence-corrected chi connectivity index (χ0v) is 9.83. The molecule has 0 spiro atoms. The maximum absolute atomic E-state index is 11.6. The maximum atomic E-state index is 11.6. The summed E-state index contributed by atoms with van der Waals surface area (Å²) in [6, 6.07) is 3.32. The van der Waals surface area contributed by atoms with E-state index in [4.69, 9.17) is 4.74 Å². The highest BCUT2D eigenvalue weighted by atomic mass is 16.5. The third-order valence-corrected chi connectivity index (χ3v) is 2.78. The molecule has 2 rings (SSSR count). The Bertz CT molecular complexity index is 447. The molecule has 3 nitrogen and oxygen atoms in total. The van der Waals surface area contributed by atoms with E-state index in [0.717, 1.165) is 12.0 Å². The molecule has 0 aliphatic carbocycles. The summed E-state index contributed by atoms with van der Waals surface area (Å²) >= 11 is 0. The normalized spacial score (nSPS) is 16.7. The SMILES string of the molecule is CCC(=O)c1cc(O)c2c(c1)CC(C)(C)O2. The molecule has 1 aromatic carbocycles. The van der Waals surface area contributed by atoms with E-state index in [1.165, 1.54) is 6.07 Å². The lowest BCUT2D eigenvalue weighted by molar-refractivity contribution is 0.0987. The van der Waals surface area contributed by atoms with E-state index < -0.39 is 0 Å². The van der Waals surface area contributed by atoms with Gasteiger partial charge in [-0.2, -0.15) is 0 Å². The van der Waals surface area contributed by atoms with Crippen molar-refractivity contribution in [3.8, 4) is 11.5 Å². The van der Waals surface area contributed by atoms with Gasteiger partial charge in [0.2, 0.25) is 0 Å². The van der Waals surface area contributed by atoms with Crippen molar-refractivity contribution in [2.24, 2.45) is 0 Å². The third kappa shape index (κ3) is 1.77. The number of ether oxygens (including phenoxy) is 1. The zero-order valence-electron chi connectivity index (χ0n) is 9.83. The number of hydrogen-bond donors (Lipinski definition) is 1. The molecular weight excluding hydrogens is 204 g/mol. The lowest BCUT2D eigenvalue weighted by Crippen LogP contribution is -2.24. The average Bonchev–Trinajstić information content (AvgIpc) is 2.52. The number of phenols is 1. The van der Waals surface area contributed by atoms with Crippen molar-refractivity contribution in [1.29, 1.82) is 0 Å². The molecule has 1 N–H and O–H groups in total. The summed E-state index contributed by atoms with van der Waals surface area (Å²) < 4.78 is 5.63. The van der Waals surface area contributed by atoms with Crippen molar-refractivity contribution in [2.45, 2.75) is 39.2 Å². The Morgan fingerprint density at radius 2 is 2.19 bits per heavy atom. The third-order valence-electron chi connectivity index (χ3n) is 2.78. The summed E-state index contributed by atoms with van der Waals surface area (Å²) in [5, 5.41) is 9.81. The van der Waals surface area contributed by atoms with Gasteiger partial charge < -0.3 is 9.84 Å². The zero-order chi connectivity index (χ0) is 11.9. The van der Waals surface area contributed by atoms with Crippen LogP contribution in [0.5, 0.6) is 11.5 Å². The van der Waals surface area contributed by atoms with Gasteiger partial charge >= 0.3 is 0 Å². The first-order valence-electron chi connectivity index (χ1n) is 5.51. The van der Waals surface area contributed by atoms with E-state index in [9.17, 15) is 9.90 Å². The molecule has 1 aliphatic heterocycles. The molecule has 0 saturated carbocycles. The maximum Gasteiger partial charge on any atom is 0.165 e. The molecule has 0 radical (unpaired) electrons. The lowest BCUT2D eigenvalue weighted by Gasteiger charge is -2.17. The number of rotatable bonds is 2. The fourth-order valence-corrected chi connectivity index (χ4v) is 2.06. The summed E-state index contributed by atoms with van der Waals surface area (Å²) in [5.74, 6) is 0.639. The van der Waals surface area contributed by atoms with Gasteiger partial charge in [-0.25, -0.2) is 0 Å². The first-order valence-corrected chi connectivity index (χ1v) is 5.51. The summed E-state index contributed by atoms with van der Waals surface area (Å²) in [6.45, 7) is 5.74. The van der Waals surface area contributed by atoms with E-state index in [1.807, 2.05) is 26.8 Å². The summed E-state index contributed by atoms with van der Waals surface area (Å²) in [6.07, 6.45) is 1.17. The van der Waals surface area contributed by atoms with Crippen molar-refractivity contribution >= 4 is 5.78 Å². The van der Waals surface area contributed by atoms with Crippen molar-refractivity contribution < 1.29 is 14.6 Å². The minimum absolute atomic E-state index is 0.0443. The van der Waals surface area contributed by atoms with Crippen molar-refractivity contribution in [3.63, 3.8) is 0 Å². The molecule has 1 aromatic rings. The molecule has 1 heterocycles. The highest BCUT2D eigenvalue weighted by molar-refractivity contribution is 5.96. The monoisotopic (exact) mass is 220 g/mol. The Labute approximate surface area is 95.0 Å². The van der Waals surface area contributed by atoms with Crippen LogP contribution < -0.4 is 4.74 Å². The number of phenolic OH excluding ortho intramolecular Hbond substituents is 1. The fraction of sp³-hybridized carbons (Fsp3) is 0.462. The number of fused-ring (bicyclic) bond motifs is 1. The van der Waals surface area contributed by atoms with E-state index in [1.54, 1.807) is 0 Å². The Balaban J connectivity index is 2.46. The van der Waals surface area contributed by atoms with Gasteiger partial charge in [0.1, 0.15) is 5.60 Å². The van der Waals surface area contributed by atoms with Gasteiger partial charge in [-0.15, -0.1) is 0 Å². The van der Waals surface area contributed by atoms with E-state index >= 15 is 0 Å². The second kappa shape index (κ2) is 3.51. The molecule has 86 valence electrons. The second-order valence-corrected chi connectivity index (χ2v) is 4.80. The van der Waals surface area contributed by atoms with Gasteiger partial charge in [-0.05, 0) is 26.0 Å². The minimum Gasteiger partial charge on any atom is -0.504 e. The molecule has 1 aliphatic rings. The number of benzene rings is 1. The Kier molecular flexibility index (Phi) is 2.41. The summed E-state index contributed by atoms with van der Waals surface area (Å²) in [4.78, 5) is 11.6. The van der Waals surface area contributed by atoms with Gasteiger partial charge in [0.15, 0.2) is 17.3 Å². The number of Topliss-reactive ketones (excluding diaryl/α,β-unsaturated/α-hetero) is 1. The minimum atomic E-state index is -0.298. The average molecular weight is 220 g/mol. The fourth-order valence-electron chi connectivity index (χ4n) is 2.06. The Morgan fingerprint density at radius 3 is 2.81 bits per heavy atom.